The van der Waals surface area contributed by atoms with Crippen LogP contribution in [0.15, 0.2) is 71.9 Å². The third-order valence-electron chi connectivity index (χ3n) is 5.45. The number of hydrogen-bond acceptors (Lipinski definition) is 7. The zero-order valence-electron chi connectivity index (χ0n) is 20.3. The predicted molar refractivity (Wildman–Crippen MR) is 141 cm³/mol. The molecule has 0 saturated heterocycles. The molecule has 198 valence electrons. The van der Waals surface area contributed by atoms with Crippen LogP contribution in [0.3, 0.4) is 0 Å². The fourth-order valence-corrected chi connectivity index (χ4v) is 5.73. The molecule has 0 spiro atoms. The van der Waals surface area contributed by atoms with Gasteiger partial charge in [0, 0.05) is 46.6 Å². The Morgan fingerprint density at radius 3 is 2.58 bits per heavy atom. The van der Waals surface area contributed by atoms with Gasteiger partial charge in [-0.15, -0.1) is 23.1 Å². The maximum Gasteiger partial charge on any atom is 0.416 e. The summed E-state index contributed by atoms with van der Waals surface area (Å²) in [5, 5.41) is 12.8. The van der Waals surface area contributed by atoms with Crippen LogP contribution in [0, 0.1) is 6.92 Å². The average Bonchev–Trinajstić information content (AvgIpc) is 3.30. The van der Waals surface area contributed by atoms with Crippen molar-refractivity contribution in [2.24, 2.45) is 0 Å². The number of carbonyl (C=O) groups is 1. The number of alkyl halides is 3. The monoisotopic (exact) mass is 559 g/mol. The number of aryl methyl sites for hydroxylation is 1. The van der Waals surface area contributed by atoms with Gasteiger partial charge in [-0.1, -0.05) is 18.2 Å². The first-order valence-corrected chi connectivity index (χ1v) is 13.3. The highest BCUT2D eigenvalue weighted by Crippen LogP contribution is 2.36. The second kappa shape index (κ2) is 12.4. The molecule has 0 unspecified atom stereocenters. The Kier molecular flexibility index (Phi) is 9.03. The summed E-state index contributed by atoms with van der Waals surface area (Å²) in [6, 6.07) is 14.4. The largest absolute Gasteiger partial charge is 0.482 e. The second-order valence-corrected chi connectivity index (χ2v) is 10.5. The van der Waals surface area contributed by atoms with Crippen molar-refractivity contribution in [3.05, 3.63) is 94.3 Å². The first-order chi connectivity index (χ1) is 18.2. The van der Waals surface area contributed by atoms with Crippen LogP contribution in [0.25, 0.3) is 10.6 Å². The number of carboxylic acids is 1. The van der Waals surface area contributed by atoms with Gasteiger partial charge in [0.05, 0.1) is 11.3 Å². The summed E-state index contributed by atoms with van der Waals surface area (Å²) in [7, 11) is 0. The molecule has 4 aromatic rings. The third-order valence-corrected chi connectivity index (χ3v) is 7.80. The Morgan fingerprint density at radius 2 is 1.92 bits per heavy atom. The SMILES string of the molecule is Cc1cc(SCc2sc(-c3ccc(C(F)(F)F)cc3)nc2CNCc2cccnc2)ccc1OCC(=O)O. The van der Waals surface area contributed by atoms with Gasteiger partial charge < -0.3 is 15.2 Å². The van der Waals surface area contributed by atoms with E-state index in [4.69, 9.17) is 14.8 Å². The van der Waals surface area contributed by atoms with Crippen molar-refractivity contribution in [2.45, 2.75) is 36.8 Å². The molecule has 0 aliphatic carbocycles. The number of carboxylic acid groups (broad SMARTS) is 1. The number of nitrogens with zero attached hydrogens (tertiary/aromatic N) is 2. The van der Waals surface area contributed by atoms with Crippen molar-refractivity contribution >= 4 is 29.1 Å². The lowest BCUT2D eigenvalue weighted by Gasteiger charge is -2.09. The molecule has 0 aliphatic heterocycles. The summed E-state index contributed by atoms with van der Waals surface area (Å²) >= 11 is 3.05. The standard InChI is InChI=1S/C27H24F3N3O3S2/c1-17-11-21(8-9-23(17)36-15-25(34)35)37-16-24-22(14-32-13-18-3-2-10-31-12-18)33-26(38-24)19-4-6-20(7-5-19)27(28,29)30/h2-12,32H,13-16H2,1H3,(H,34,35). The van der Waals surface area contributed by atoms with Gasteiger partial charge >= 0.3 is 12.1 Å². The van der Waals surface area contributed by atoms with E-state index < -0.39 is 24.3 Å². The molecule has 38 heavy (non-hydrogen) atoms. The number of nitrogens with one attached hydrogen (secondary N) is 1. The zero-order valence-corrected chi connectivity index (χ0v) is 21.9. The first-order valence-electron chi connectivity index (χ1n) is 11.5. The highest BCUT2D eigenvalue weighted by atomic mass is 32.2. The number of thioether (sulfide) groups is 1. The lowest BCUT2D eigenvalue weighted by atomic mass is 10.1. The van der Waals surface area contributed by atoms with Crippen LogP contribution >= 0.6 is 23.1 Å². The average molecular weight is 560 g/mol. The minimum Gasteiger partial charge on any atom is -0.482 e. The quantitative estimate of drug-likeness (QED) is 0.201. The number of benzene rings is 2. The molecule has 0 aliphatic rings. The van der Waals surface area contributed by atoms with Crippen LogP contribution in [0.4, 0.5) is 13.2 Å². The van der Waals surface area contributed by atoms with E-state index in [-0.39, 0.29) is 0 Å². The van der Waals surface area contributed by atoms with Crippen molar-refractivity contribution in [3.8, 4) is 16.3 Å². The summed E-state index contributed by atoms with van der Waals surface area (Å²) in [5.41, 5.74) is 2.62. The number of aromatic nitrogens is 2. The lowest BCUT2D eigenvalue weighted by Crippen LogP contribution is -2.14. The third kappa shape index (κ3) is 7.56. The molecule has 0 atom stereocenters. The fraction of sp³-hybridized carbons (Fsp3) is 0.222. The van der Waals surface area contributed by atoms with E-state index >= 15 is 0 Å². The van der Waals surface area contributed by atoms with E-state index in [1.165, 1.54) is 23.5 Å². The van der Waals surface area contributed by atoms with E-state index in [2.05, 4.69) is 10.3 Å². The van der Waals surface area contributed by atoms with E-state index in [0.29, 0.717) is 35.2 Å². The first kappa shape index (κ1) is 27.6. The van der Waals surface area contributed by atoms with Crippen LogP contribution in [-0.2, 0) is 29.8 Å². The Hall–Kier alpha value is -3.41. The fourth-order valence-electron chi connectivity index (χ4n) is 3.55. The highest BCUT2D eigenvalue weighted by Gasteiger charge is 2.30. The minimum absolute atomic E-state index is 0.406. The zero-order chi connectivity index (χ0) is 27.1. The predicted octanol–water partition coefficient (Wildman–Crippen LogP) is 6.58. The molecule has 2 heterocycles. The number of aliphatic carboxylic acids is 1. The molecule has 0 saturated carbocycles. The van der Waals surface area contributed by atoms with Crippen molar-refractivity contribution in [1.29, 1.82) is 0 Å². The van der Waals surface area contributed by atoms with Crippen molar-refractivity contribution in [2.75, 3.05) is 6.61 Å². The van der Waals surface area contributed by atoms with Gasteiger partial charge in [-0.3, -0.25) is 4.98 Å². The number of hydrogen-bond donors (Lipinski definition) is 2. The van der Waals surface area contributed by atoms with E-state index in [1.54, 1.807) is 30.2 Å². The van der Waals surface area contributed by atoms with Crippen LogP contribution in [0.1, 0.15) is 27.3 Å². The van der Waals surface area contributed by atoms with Gasteiger partial charge in [0.2, 0.25) is 0 Å². The van der Waals surface area contributed by atoms with E-state index in [9.17, 15) is 18.0 Å². The number of pyridine rings is 1. The number of rotatable bonds is 11. The summed E-state index contributed by atoms with van der Waals surface area (Å²) in [4.78, 5) is 21.6. The van der Waals surface area contributed by atoms with Crippen LogP contribution in [-0.4, -0.2) is 27.7 Å². The summed E-state index contributed by atoms with van der Waals surface area (Å²) in [6.45, 7) is 2.54. The highest BCUT2D eigenvalue weighted by molar-refractivity contribution is 7.98. The van der Waals surface area contributed by atoms with Crippen LogP contribution in [0.2, 0.25) is 0 Å². The molecule has 2 N–H and O–H groups in total. The van der Waals surface area contributed by atoms with Gasteiger partial charge in [-0.25, -0.2) is 9.78 Å². The number of halogens is 3. The molecule has 0 fully saturated rings. The topological polar surface area (TPSA) is 84.3 Å². The maximum atomic E-state index is 13.0. The summed E-state index contributed by atoms with van der Waals surface area (Å²) < 4.78 is 44.3. The molecule has 2 aromatic heterocycles. The minimum atomic E-state index is -4.39. The molecular weight excluding hydrogens is 535 g/mol. The van der Waals surface area contributed by atoms with Gasteiger partial charge in [-0.05, 0) is 54.4 Å². The van der Waals surface area contributed by atoms with Crippen molar-refractivity contribution in [1.82, 2.24) is 15.3 Å². The lowest BCUT2D eigenvalue weighted by molar-refractivity contribution is -0.139. The smallest absolute Gasteiger partial charge is 0.416 e. The normalized spacial score (nSPS) is 11.5. The Balaban J connectivity index is 1.50. The number of ether oxygens (including phenoxy) is 1. The Labute approximate surface area is 225 Å². The molecule has 2 aromatic carbocycles. The molecular formula is C27H24F3N3O3S2. The molecule has 11 heteroatoms. The number of thiazole rings is 1. The molecule has 6 nitrogen and oxygen atoms in total. The van der Waals surface area contributed by atoms with Crippen molar-refractivity contribution < 1.29 is 27.8 Å². The van der Waals surface area contributed by atoms with Gasteiger partial charge in [0.25, 0.3) is 0 Å². The van der Waals surface area contributed by atoms with E-state index in [0.717, 1.165) is 38.7 Å². The maximum absolute atomic E-state index is 13.0. The van der Waals surface area contributed by atoms with Gasteiger partial charge in [-0.2, -0.15) is 13.2 Å². The Bertz CT molecular complexity index is 1380. The van der Waals surface area contributed by atoms with Crippen molar-refractivity contribution in [3.63, 3.8) is 0 Å². The summed E-state index contributed by atoms with van der Waals surface area (Å²) in [5.74, 6) is 0.0812. The van der Waals surface area contributed by atoms with E-state index in [1.807, 2.05) is 31.2 Å². The van der Waals surface area contributed by atoms with Gasteiger partial charge in [0.15, 0.2) is 6.61 Å². The molecule has 0 bridgehead atoms. The van der Waals surface area contributed by atoms with Crippen LogP contribution in [0.5, 0.6) is 5.75 Å². The molecule has 0 amide bonds. The molecule has 4 rings (SSSR count). The van der Waals surface area contributed by atoms with Crippen LogP contribution < -0.4 is 10.1 Å². The Morgan fingerprint density at radius 1 is 1.13 bits per heavy atom. The van der Waals surface area contributed by atoms with Gasteiger partial charge in [0.1, 0.15) is 10.8 Å². The summed E-state index contributed by atoms with van der Waals surface area (Å²) in [6.07, 6.45) is -0.899. The molecule has 0 radical (unpaired) electrons. The second-order valence-electron chi connectivity index (χ2n) is 8.33.